The molecule has 13 heteroatoms. The summed E-state index contributed by atoms with van der Waals surface area (Å²) in [5.41, 5.74) is 12.7. The Balaban J connectivity index is 2.00. The summed E-state index contributed by atoms with van der Waals surface area (Å²) in [4.78, 5) is 62.7. The molecule has 216 valence electrons. The number of benzene rings is 1. The molecule has 1 aromatic carbocycles. The molecule has 1 fully saturated rings. The minimum atomic E-state index is -1.26. The van der Waals surface area contributed by atoms with Crippen molar-refractivity contribution in [3.8, 4) is 0 Å². The molecule has 4 amide bonds. The van der Waals surface area contributed by atoms with Crippen molar-refractivity contribution in [3.63, 3.8) is 0 Å². The average Bonchev–Trinajstić information content (AvgIpc) is 3.30. The van der Waals surface area contributed by atoms with Crippen LogP contribution >= 0.6 is 0 Å². The Morgan fingerprint density at radius 1 is 1.05 bits per heavy atom. The lowest BCUT2D eigenvalue weighted by Crippen LogP contribution is -2.57. The summed E-state index contributed by atoms with van der Waals surface area (Å²) in [5.74, 6) is -3.22. The molecule has 1 heterocycles. The van der Waals surface area contributed by atoms with Crippen molar-refractivity contribution in [2.75, 3.05) is 18.5 Å². The molecule has 0 unspecified atom stereocenters. The Bertz CT molecular complexity index is 1000. The molecule has 1 aromatic rings. The van der Waals surface area contributed by atoms with Gasteiger partial charge in [0.25, 0.3) is 0 Å². The summed E-state index contributed by atoms with van der Waals surface area (Å²) in [6.45, 7) is 3.96. The number of unbranched alkanes of at least 4 members (excludes halogenated alkanes) is 1. The molecule has 1 aliphatic heterocycles. The van der Waals surface area contributed by atoms with E-state index in [0.29, 0.717) is 43.5 Å². The number of rotatable bonds is 15. The maximum Gasteiger partial charge on any atom is 0.328 e. The van der Waals surface area contributed by atoms with Crippen molar-refractivity contribution < 1.29 is 33.8 Å². The van der Waals surface area contributed by atoms with Gasteiger partial charge in [-0.1, -0.05) is 26.0 Å². The number of nitrogens with two attached hydrogens (primary N) is 2. The van der Waals surface area contributed by atoms with Gasteiger partial charge in [-0.3, -0.25) is 19.2 Å². The van der Waals surface area contributed by atoms with E-state index >= 15 is 0 Å². The lowest BCUT2D eigenvalue weighted by Gasteiger charge is -2.26. The number of hydrogen-bond acceptors (Lipinski definition) is 9. The highest BCUT2D eigenvalue weighted by Crippen LogP contribution is 2.13. The second-order valence-corrected chi connectivity index (χ2v) is 9.81. The van der Waals surface area contributed by atoms with Gasteiger partial charge in [-0.05, 0) is 49.4 Å². The third-order valence-corrected chi connectivity index (χ3v) is 6.24. The maximum absolute atomic E-state index is 13.2. The van der Waals surface area contributed by atoms with Crippen molar-refractivity contribution >= 4 is 35.3 Å². The van der Waals surface area contributed by atoms with Crippen molar-refractivity contribution in [2.45, 2.75) is 76.7 Å². The van der Waals surface area contributed by atoms with Gasteiger partial charge in [-0.25, -0.2) is 4.79 Å². The predicted octanol–water partition coefficient (Wildman–Crippen LogP) is -0.979. The quantitative estimate of drug-likeness (QED) is 0.106. The van der Waals surface area contributed by atoms with E-state index in [-0.39, 0.29) is 25.6 Å². The van der Waals surface area contributed by atoms with Gasteiger partial charge in [-0.2, -0.15) is 0 Å². The first-order valence-corrected chi connectivity index (χ1v) is 13.1. The summed E-state index contributed by atoms with van der Waals surface area (Å²) >= 11 is 0. The normalized spacial score (nSPS) is 17.1. The number of anilines is 1. The van der Waals surface area contributed by atoms with Crippen LogP contribution in [0, 0.1) is 5.92 Å². The number of aliphatic hydroxyl groups excluding tert-OH is 1. The molecule has 0 aliphatic carbocycles. The van der Waals surface area contributed by atoms with Crippen LogP contribution in [-0.4, -0.2) is 72.0 Å². The summed E-state index contributed by atoms with van der Waals surface area (Å²) < 4.78 is 4.79. The van der Waals surface area contributed by atoms with Crippen LogP contribution in [0.15, 0.2) is 24.3 Å². The van der Waals surface area contributed by atoms with Crippen LogP contribution in [0.2, 0.25) is 0 Å². The Kier molecular flexibility index (Phi) is 12.8. The largest absolute Gasteiger partial charge is 0.464 e. The lowest BCUT2D eigenvalue weighted by molar-refractivity contribution is -0.141. The highest BCUT2D eigenvalue weighted by molar-refractivity contribution is 5.99. The molecule has 9 N–H and O–H groups in total. The lowest BCUT2D eigenvalue weighted by atomic mass is 10.0. The Hall–Kier alpha value is -3.55. The van der Waals surface area contributed by atoms with Gasteiger partial charge in [0.1, 0.15) is 18.1 Å². The molecular weight excluding hydrogens is 508 g/mol. The fraction of sp³-hybridized carbons (Fsp3) is 0.577. The first kappa shape index (κ1) is 31.7. The van der Waals surface area contributed by atoms with E-state index < -0.39 is 53.8 Å². The van der Waals surface area contributed by atoms with Crippen molar-refractivity contribution in [1.29, 1.82) is 0 Å². The molecular formula is C26H40N6O7. The number of cyclic esters (lactones) is 1. The molecule has 13 nitrogen and oxygen atoms in total. The molecule has 0 bridgehead atoms. The molecule has 4 atom stereocenters. The van der Waals surface area contributed by atoms with Crippen LogP contribution < -0.4 is 32.7 Å². The second-order valence-electron chi connectivity index (χ2n) is 9.81. The topological polar surface area (TPSA) is 215 Å². The van der Waals surface area contributed by atoms with Gasteiger partial charge in [0.05, 0.1) is 25.7 Å². The van der Waals surface area contributed by atoms with Crippen LogP contribution in [0.5, 0.6) is 0 Å². The molecule has 0 radical (unpaired) electrons. The summed E-state index contributed by atoms with van der Waals surface area (Å²) in [6, 6.07) is 2.68. The highest BCUT2D eigenvalue weighted by Gasteiger charge is 2.32. The van der Waals surface area contributed by atoms with Crippen LogP contribution in [0.1, 0.15) is 51.5 Å². The number of ether oxygens (including phenoxy) is 1. The standard InChI is InChI=1S/C26H40N6O7/c1-15(2)22(32-23(35)18(28)13-21(34)30-20-10-12-39-26(20)38)25(37)31-19(5-3-4-11-27)24(36)29-17-8-6-16(14-33)7-9-17/h6-9,15,18-20,22,33H,3-5,10-14,27-28H2,1-2H3,(H,29,36)(H,30,34)(H,31,37)(H,32,35)/t18-,19-,20-,22-/m0/s1. The van der Waals surface area contributed by atoms with Gasteiger partial charge >= 0.3 is 5.97 Å². The number of nitrogens with one attached hydrogen (secondary N) is 4. The monoisotopic (exact) mass is 548 g/mol. The second kappa shape index (κ2) is 15.8. The smallest absolute Gasteiger partial charge is 0.328 e. The Morgan fingerprint density at radius 3 is 2.31 bits per heavy atom. The molecule has 39 heavy (non-hydrogen) atoms. The average molecular weight is 549 g/mol. The summed E-state index contributed by atoms with van der Waals surface area (Å²) in [7, 11) is 0. The van der Waals surface area contributed by atoms with E-state index in [0.717, 1.165) is 0 Å². The Morgan fingerprint density at radius 2 is 1.74 bits per heavy atom. The number of amides is 4. The van der Waals surface area contributed by atoms with E-state index in [1.807, 2.05) is 0 Å². The SMILES string of the molecule is CC(C)[C@H](NC(=O)[C@@H](N)CC(=O)N[C@H]1CCOC1=O)C(=O)N[C@@H](CCCCN)C(=O)Nc1ccc(CO)cc1. The number of carbonyl (C=O) groups is 5. The van der Waals surface area contributed by atoms with Crippen molar-refractivity contribution in [1.82, 2.24) is 16.0 Å². The fourth-order valence-electron chi connectivity index (χ4n) is 3.91. The van der Waals surface area contributed by atoms with Crippen LogP contribution in [-0.2, 0) is 35.3 Å². The molecule has 0 aromatic heterocycles. The zero-order valence-electron chi connectivity index (χ0n) is 22.4. The number of hydrogen-bond donors (Lipinski definition) is 7. The van der Waals surface area contributed by atoms with E-state index in [4.69, 9.17) is 16.2 Å². The van der Waals surface area contributed by atoms with E-state index in [2.05, 4.69) is 21.3 Å². The zero-order chi connectivity index (χ0) is 28.9. The van der Waals surface area contributed by atoms with Crippen LogP contribution in [0.25, 0.3) is 0 Å². The van der Waals surface area contributed by atoms with Gasteiger partial charge in [0, 0.05) is 12.1 Å². The van der Waals surface area contributed by atoms with Gasteiger partial charge in [0.15, 0.2) is 0 Å². The number of carbonyl (C=O) groups excluding carboxylic acids is 5. The molecule has 0 spiro atoms. The molecule has 1 saturated heterocycles. The molecule has 0 saturated carbocycles. The van der Waals surface area contributed by atoms with Crippen molar-refractivity contribution in [2.24, 2.45) is 17.4 Å². The third kappa shape index (κ3) is 10.3. The first-order chi connectivity index (χ1) is 18.5. The maximum atomic E-state index is 13.2. The third-order valence-electron chi connectivity index (χ3n) is 6.24. The molecule has 1 aliphatic rings. The predicted molar refractivity (Wildman–Crippen MR) is 143 cm³/mol. The fourth-order valence-corrected chi connectivity index (χ4v) is 3.91. The van der Waals surface area contributed by atoms with Crippen molar-refractivity contribution in [3.05, 3.63) is 29.8 Å². The minimum absolute atomic E-state index is 0.127. The minimum Gasteiger partial charge on any atom is -0.464 e. The Labute approximate surface area is 227 Å². The molecule has 2 rings (SSSR count). The summed E-state index contributed by atoms with van der Waals surface area (Å²) in [5, 5.41) is 19.7. The number of aliphatic hydroxyl groups is 1. The zero-order valence-corrected chi connectivity index (χ0v) is 22.4. The first-order valence-electron chi connectivity index (χ1n) is 13.1. The van der Waals surface area contributed by atoms with E-state index in [1.54, 1.807) is 38.1 Å². The van der Waals surface area contributed by atoms with Gasteiger partial charge < -0.3 is 42.6 Å². The van der Waals surface area contributed by atoms with Gasteiger partial charge in [-0.15, -0.1) is 0 Å². The van der Waals surface area contributed by atoms with E-state index in [1.165, 1.54) is 0 Å². The van der Waals surface area contributed by atoms with Crippen LogP contribution in [0.4, 0.5) is 5.69 Å². The van der Waals surface area contributed by atoms with Crippen LogP contribution in [0.3, 0.4) is 0 Å². The number of esters is 1. The highest BCUT2D eigenvalue weighted by atomic mass is 16.5. The van der Waals surface area contributed by atoms with Gasteiger partial charge in [0.2, 0.25) is 23.6 Å². The van der Waals surface area contributed by atoms with E-state index in [9.17, 15) is 29.1 Å². The summed E-state index contributed by atoms with van der Waals surface area (Å²) in [6.07, 6.45) is 1.53.